The fourth-order valence-corrected chi connectivity index (χ4v) is 1.45. The molecule has 2 rings (SSSR count). The summed E-state index contributed by atoms with van der Waals surface area (Å²) in [6, 6.07) is 5.68. The van der Waals surface area contributed by atoms with Crippen LogP contribution in [-0.4, -0.2) is 4.98 Å². The van der Waals surface area contributed by atoms with E-state index in [1.165, 1.54) is 0 Å². The Kier molecular flexibility index (Phi) is 3.50. The summed E-state index contributed by atoms with van der Waals surface area (Å²) in [6.45, 7) is 2.14. The van der Waals surface area contributed by atoms with Gasteiger partial charge in [0, 0.05) is 6.20 Å². The number of anilines is 1. The second-order valence-corrected chi connectivity index (χ2v) is 3.90. The third kappa shape index (κ3) is 2.61. The van der Waals surface area contributed by atoms with Gasteiger partial charge < -0.3 is 5.32 Å². The van der Waals surface area contributed by atoms with Crippen molar-refractivity contribution in [2.75, 3.05) is 5.32 Å². The molecule has 0 fully saturated rings. The molecule has 0 saturated heterocycles. The van der Waals surface area contributed by atoms with Crippen molar-refractivity contribution in [2.45, 2.75) is 13.5 Å². The number of pyridine rings is 1. The summed E-state index contributed by atoms with van der Waals surface area (Å²) in [4.78, 5) is 4.11. The number of hydrogen-bond acceptors (Lipinski definition) is 2. The predicted molar refractivity (Wildman–Crippen MR) is 62.6 cm³/mol. The fraction of sp³-hybridized carbons (Fsp3) is 0.154. The van der Waals surface area contributed by atoms with Crippen molar-refractivity contribution < 1.29 is 13.2 Å². The van der Waals surface area contributed by atoms with E-state index in [4.69, 9.17) is 0 Å². The Labute approximate surface area is 102 Å². The fourth-order valence-electron chi connectivity index (χ4n) is 1.45. The summed E-state index contributed by atoms with van der Waals surface area (Å²) in [7, 11) is 0. The predicted octanol–water partition coefficient (Wildman–Crippen LogP) is 3.42. The molecule has 0 unspecified atom stereocenters. The monoisotopic (exact) mass is 252 g/mol. The molecule has 0 aliphatic rings. The number of nitrogens with one attached hydrogen (secondary N) is 1. The molecule has 1 N–H and O–H groups in total. The third-order valence-electron chi connectivity index (χ3n) is 2.47. The average Bonchev–Trinajstić information content (AvgIpc) is 2.37. The van der Waals surface area contributed by atoms with Gasteiger partial charge in [0.1, 0.15) is 0 Å². The van der Waals surface area contributed by atoms with Gasteiger partial charge in [-0.3, -0.25) is 4.98 Å². The van der Waals surface area contributed by atoms with Crippen LogP contribution < -0.4 is 5.32 Å². The summed E-state index contributed by atoms with van der Waals surface area (Å²) < 4.78 is 39.0. The number of aryl methyl sites for hydroxylation is 1. The van der Waals surface area contributed by atoms with Crippen molar-refractivity contribution in [3.63, 3.8) is 0 Å². The minimum Gasteiger partial charge on any atom is -0.377 e. The summed E-state index contributed by atoms with van der Waals surface area (Å²) in [6.07, 6.45) is 1.68. The van der Waals surface area contributed by atoms with E-state index in [2.05, 4.69) is 10.3 Å². The van der Waals surface area contributed by atoms with Gasteiger partial charge in [0.2, 0.25) is 0 Å². The summed E-state index contributed by atoms with van der Waals surface area (Å²) >= 11 is 0. The van der Waals surface area contributed by atoms with Crippen LogP contribution in [0, 0.1) is 24.4 Å². The van der Waals surface area contributed by atoms with E-state index in [9.17, 15) is 13.2 Å². The van der Waals surface area contributed by atoms with Gasteiger partial charge in [0.05, 0.1) is 17.9 Å². The topological polar surface area (TPSA) is 24.9 Å². The second-order valence-electron chi connectivity index (χ2n) is 3.90. The van der Waals surface area contributed by atoms with Crippen LogP contribution in [0.4, 0.5) is 18.9 Å². The molecule has 0 amide bonds. The quantitative estimate of drug-likeness (QED) is 0.847. The maximum atomic E-state index is 13.3. The minimum atomic E-state index is -1.48. The molecular weight excluding hydrogens is 241 g/mol. The number of aromatic nitrogens is 1. The molecule has 0 spiro atoms. The lowest BCUT2D eigenvalue weighted by atomic mass is 10.2. The Morgan fingerprint density at radius 3 is 2.50 bits per heavy atom. The van der Waals surface area contributed by atoms with Crippen molar-refractivity contribution in [3.05, 3.63) is 59.2 Å². The van der Waals surface area contributed by atoms with Gasteiger partial charge in [-0.25, -0.2) is 13.2 Å². The van der Waals surface area contributed by atoms with Gasteiger partial charge in [-0.15, -0.1) is 0 Å². The first kappa shape index (κ1) is 12.4. The van der Waals surface area contributed by atoms with Gasteiger partial charge in [0.15, 0.2) is 17.5 Å². The molecule has 5 heteroatoms. The maximum Gasteiger partial charge on any atom is 0.196 e. The molecule has 2 nitrogen and oxygen atoms in total. The molecule has 0 saturated carbocycles. The van der Waals surface area contributed by atoms with Gasteiger partial charge >= 0.3 is 0 Å². The Hall–Kier alpha value is -2.04. The van der Waals surface area contributed by atoms with Crippen molar-refractivity contribution in [1.29, 1.82) is 0 Å². The summed E-state index contributed by atoms with van der Waals surface area (Å²) in [5.41, 5.74) is 1.61. The lowest BCUT2D eigenvalue weighted by molar-refractivity contribution is 0.449. The molecule has 2 aromatic rings. The van der Waals surface area contributed by atoms with Crippen LogP contribution in [0.5, 0.6) is 0 Å². The number of nitrogens with zero attached hydrogens (tertiary/aromatic N) is 1. The van der Waals surface area contributed by atoms with Crippen molar-refractivity contribution in [3.8, 4) is 0 Å². The number of hydrogen-bond donors (Lipinski definition) is 1. The van der Waals surface area contributed by atoms with Crippen LogP contribution in [0.3, 0.4) is 0 Å². The van der Waals surface area contributed by atoms with Crippen molar-refractivity contribution in [1.82, 2.24) is 4.98 Å². The van der Waals surface area contributed by atoms with E-state index in [1.54, 1.807) is 12.3 Å². The molecule has 0 atom stereocenters. The largest absolute Gasteiger partial charge is 0.377 e. The molecule has 1 aromatic carbocycles. The highest BCUT2D eigenvalue weighted by Crippen LogP contribution is 2.19. The van der Waals surface area contributed by atoms with E-state index < -0.39 is 17.5 Å². The van der Waals surface area contributed by atoms with Crippen LogP contribution >= 0.6 is 0 Å². The first-order valence-electron chi connectivity index (χ1n) is 5.37. The Morgan fingerprint density at radius 1 is 1.06 bits per heavy atom. The number of halogens is 3. The highest BCUT2D eigenvalue weighted by Gasteiger charge is 2.12. The van der Waals surface area contributed by atoms with Crippen molar-refractivity contribution in [2.24, 2.45) is 0 Å². The van der Waals surface area contributed by atoms with Gasteiger partial charge in [-0.05, 0) is 30.7 Å². The normalized spacial score (nSPS) is 10.4. The van der Waals surface area contributed by atoms with Crippen LogP contribution in [0.1, 0.15) is 11.3 Å². The number of benzene rings is 1. The van der Waals surface area contributed by atoms with Crippen LogP contribution in [0.2, 0.25) is 0 Å². The summed E-state index contributed by atoms with van der Waals surface area (Å²) in [5.74, 6) is -3.90. The molecule has 0 aliphatic heterocycles. The van der Waals surface area contributed by atoms with Crippen molar-refractivity contribution >= 4 is 5.69 Å². The zero-order chi connectivity index (χ0) is 13.1. The Bertz CT molecular complexity index is 553. The highest BCUT2D eigenvalue weighted by atomic mass is 19.2. The highest BCUT2D eigenvalue weighted by molar-refractivity contribution is 5.45. The minimum absolute atomic E-state index is 0.0868. The van der Waals surface area contributed by atoms with E-state index in [1.807, 2.05) is 13.0 Å². The standard InChI is InChI=1S/C13H11F3N2/c1-8-2-3-9(17-6-8)7-18-11-5-4-10(14)12(15)13(11)16/h2-6,18H,7H2,1H3. The van der Waals surface area contributed by atoms with Crippen LogP contribution in [-0.2, 0) is 6.54 Å². The van der Waals surface area contributed by atoms with E-state index in [0.29, 0.717) is 5.69 Å². The molecule has 1 aromatic heterocycles. The molecule has 0 bridgehead atoms. The van der Waals surface area contributed by atoms with E-state index in [-0.39, 0.29) is 12.2 Å². The van der Waals surface area contributed by atoms with E-state index in [0.717, 1.165) is 17.7 Å². The SMILES string of the molecule is Cc1ccc(CNc2ccc(F)c(F)c2F)nc1. The smallest absolute Gasteiger partial charge is 0.196 e. The molecule has 94 valence electrons. The first-order valence-corrected chi connectivity index (χ1v) is 5.37. The maximum absolute atomic E-state index is 13.3. The number of rotatable bonds is 3. The first-order chi connectivity index (χ1) is 8.58. The Balaban J connectivity index is 2.11. The summed E-state index contributed by atoms with van der Waals surface area (Å²) in [5, 5.41) is 2.67. The third-order valence-corrected chi connectivity index (χ3v) is 2.47. The van der Waals surface area contributed by atoms with Gasteiger partial charge in [0.25, 0.3) is 0 Å². The van der Waals surface area contributed by atoms with E-state index >= 15 is 0 Å². The lowest BCUT2D eigenvalue weighted by Gasteiger charge is -2.08. The zero-order valence-corrected chi connectivity index (χ0v) is 9.67. The molecule has 0 radical (unpaired) electrons. The zero-order valence-electron chi connectivity index (χ0n) is 9.67. The Morgan fingerprint density at radius 2 is 1.83 bits per heavy atom. The average molecular weight is 252 g/mol. The van der Waals surface area contributed by atoms with Crippen LogP contribution in [0.25, 0.3) is 0 Å². The van der Waals surface area contributed by atoms with Gasteiger partial charge in [-0.2, -0.15) is 0 Å². The molecule has 1 heterocycles. The van der Waals surface area contributed by atoms with Gasteiger partial charge in [-0.1, -0.05) is 6.07 Å². The molecular formula is C13H11F3N2. The molecule has 18 heavy (non-hydrogen) atoms. The lowest BCUT2D eigenvalue weighted by Crippen LogP contribution is -2.05. The second kappa shape index (κ2) is 5.08. The molecule has 0 aliphatic carbocycles. The van der Waals surface area contributed by atoms with Crippen LogP contribution in [0.15, 0.2) is 30.5 Å².